The van der Waals surface area contributed by atoms with E-state index in [4.69, 9.17) is 18.9 Å². The summed E-state index contributed by atoms with van der Waals surface area (Å²) in [4.78, 5) is 76.8. The van der Waals surface area contributed by atoms with E-state index < -0.39 is 82.1 Å². The van der Waals surface area contributed by atoms with Crippen LogP contribution in [0, 0.1) is 46.3 Å². The van der Waals surface area contributed by atoms with Gasteiger partial charge >= 0.3 is 23.9 Å². The number of hydrogen-bond donors (Lipinski definition) is 1. The molecule has 46 heavy (non-hydrogen) atoms. The van der Waals surface area contributed by atoms with Crippen molar-refractivity contribution in [1.29, 1.82) is 0 Å². The fourth-order valence-corrected chi connectivity index (χ4v) is 10.1. The fraction of sp³-hybridized carbons (Fsp3) is 0.829. The highest BCUT2D eigenvalue weighted by Crippen LogP contribution is 2.69. The van der Waals surface area contributed by atoms with Crippen LogP contribution in [0.1, 0.15) is 107 Å². The van der Waals surface area contributed by atoms with E-state index in [2.05, 4.69) is 0 Å². The predicted octanol–water partition coefficient (Wildman–Crippen LogP) is 4.14. The van der Waals surface area contributed by atoms with Gasteiger partial charge in [0.1, 0.15) is 11.7 Å². The Bertz CT molecular complexity index is 1240. The van der Waals surface area contributed by atoms with E-state index in [0.29, 0.717) is 45.1 Å². The van der Waals surface area contributed by atoms with Gasteiger partial charge in [0.2, 0.25) is 5.78 Å². The van der Waals surface area contributed by atoms with E-state index in [1.54, 1.807) is 0 Å². The smallest absolute Gasteiger partial charge is 0.303 e. The minimum atomic E-state index is -2.10. The molecule has 1 unspecified atom stereocenters. The van der Waals surface area contributed by atoms with Crippen LogP contribution in [-0.2, 0) is 47.7 Å². The zero-order valence-electron chi connectivity index (χ0n) is 28.6. The van der Waals surface area contributed by atoms with E-state index in [9.17, 15) is 33.9 Å². The molecule has 11 heteroatoms. The molecule has 0 aliphatic heterocycles. The van der Waals surface area contributed by atoms with Gasteiger partial charge in [-0.15, -0.1) is 0 Å². The Labute approximate surface area is 271 Å². The average Bonchev–Trinajstić information content (AvgIpc) is 3.16. The third kappa shape index (κ3) is 6.37. The van der Waals surface area contributed by atoms with Crippen LogP contribution in [0.4, 0.5) is 0 Å². The minimum Gasteiger partial charge on any atom is -0.466 e. The Morgan fingerprint density at radius 1 is 0.826 bits per heavy atom. The highest BCUT2D eigenvalue weighted by Gasteiger charge is 2.77. The van der Waals surface area contributed by atoms with Gasteiger partial charge in [-0.3, -0.25) is 28.8 Å². The van der Waals surface area contributed by atoms with Crippen LogP contribution in [0.25, 0.3) is 0 Å². The molecule has 0 aromatic rings. The molecule has 4 fully saturated rings. The number of rotatable bonds is 10. The van der Waals surface area contributed by atoms with Crippen molar-refractivity contribution < 1.29 is 52.8 Å². The van der Waals surface area contributed by atoms with Gasteiger partial charge in [-0.25, -0.2) is 0 Å². The summed E-state index contributed by atoms with van der Waals surface area (Å²) in [5.74, 6) is -5.79. The second-order valence-electron chi connectivity index (χ2n) is 15.1. The molecule has 258 valence electrons. The maximum atomic E-state index is 14.7. The Morgan fingerprint density at radius 3 is 2.00 bits per heavy atom. The zero-order chi connectivity index (χ0) is 34.4. The van der Waals surface area contributed by atoms with E-state index in [-0.39, 0.29) is 23.6 Å². The Balaban J connectivity index is 1.71. The summed E-state index contributed by atoms with van der Waals surface area (Å²) in [6.07, 6.45) is 1.46. The standard InChI is InChI=1S/C35H52O11/c1-18(17-43-20(3)36)10-9-11-19(2)27-28(40)30(46-23(6)39)31-34(27,8)15-13-26-33(7)14-12-24(44-21(4)37)16-25(33)29(45-22(5)38)32(41)35(26,31)42/h18-19,24-27,29-31,42H,9-17H2,1-8H3/t18?,19-,24+,25-,26-,27+,29-,30+,31-,33+,34-,35+/m1/s1. The molecule has 0 bridgehead atoms. The topological polar surface area (TPSA) is 160 Å². The van der Waals surface area contributed by atoms with E-state index in [1.165, 1.54) is 27.7 Å². The number of aliphatic hydroxyl groups is 1. The van der Waals surface area contributed by atoms with Gasteiger partial charge in [0.25, 0.3) is 0 Å². The van der Waals surface area contributed by atoms with Crippen LogP contribution in [0.5, 0.6) is 0 Å². The van der Waals surface area contributed by atoms with Crippen molar-refractivity contribution >= 4 is 35.4 Å². The molecule has 4 aliphatic carbocycles. The first-order valence-corrected chi connectivity index (χ1v) is 16.8. The second kappa shape index (κ2) is 13.4. The monoisotopic (exact) mass is 648 g/mol. The average molecular weight is 649 g/mol. The van der Waals surface area contributed by atoms with Gasteiger partial charge in [0.05, 0.1) is 6.61 Å². The van der Waals surface area contributed by atoms with Crippen LogP contribution in [0.15, 0.2) is 0 Å². The number of hydrogen-bond acceptors (Lipinski definition) is 11. The number of carbonyl (C=O) groups excluding carboxylic acids is 6. The molecule has 12 atom stereocenters. The Morgan fingerprint density at radius 2 is 1.41 bits per heavy atom. The van der Waals surface area contributed by atoms with Crippen molar-refractivity contribution in [2.75, 3.05) is 6.61 Å². The van der Waals surface area contributed by atoms with Crippen molar-refractivity contribution in [3.63, 3.8) is 0 Å². The molecular weight excluding hydrogens is 596 g/mol. The van der Waals surface area contributed by atoms with Crippen LogP contribution < -0.4 is 0 Å². The maximum absolute atomic E-state index is 14.7. The first-order valence-electron chi connectivity index (χ1n) is 16.8. The molecule has 0 saturated heterocycles. The lowest BCUT2D eigenvalue weighted by Crippen LogP contribution is -2.74. The number of esters is 4. The molecule has 0 amide bonds. The first kappa shape index (κ1) is 36.0. The first-order chi connectivity index (χ1) is 21.4. The van der Waals surface area contributed by atoms with Gasteiger partial charge in [0, 0.05) is 51.4 Å². The van der Waals surface area contributed by atoms with Gasteiger partial charge in [-0.05, 0) is 67.6 Å². The lowest BCUT2D eigenvalue weighted by Gasteiger charge is -2.64. The number of ketones is 2. The van der Waals surface area contributed by atoms with Crippen molar-refractivity contribution in [3.8, 4) is 0 Å². The highest BCUT2D eigenvalue weighted by atomic mass is 16.6. The molecular formula is C35H52O11. The molecule has 4 saturated carbocycles. The summed E-state index contributed by atoms with van der Waals surface area (Å²) in [6, 6.07) is 0. The molecule has 0 radical (unpaired) electrons. The van der Waals surface area contributed by atoms with Crippen molar-refractivity contribution in [2.24, 2.45) is 46.3 Å². The number of fused-ring (bicyclic) bond motifs is 5. The fourth-order valence-electron chi connectivity index (χ4n) is 10.1. The maximum Gasteiger partial charge on any atom is 0.303 e. The van der Waals surface area contributed by atoms with Crippen LogP contribution in [0.2, 0.25) is 0 Å². The SMILES string of the molecule is CC(=O)OCC(C)CCC[C@@H](C)[C@H]1C(=O)[C@H](OC(C)=O)[C@@H]2[C@]1(C)CC[C@@H]1[C@@]3(C)CC[C@H](OC(C)=O)C[C@@H]3[C@@H](OC(C)=O)C(=O)[C@]12O. The van der Waals surface area contributed by atoms with Gasteiger partial charge < -0.3 is 24.1 Å². The predicted molar refractivity (Wildman–Crippen MR) is 164 cm³/mol. The van der Waals surface area contributed by atoms with E-state index >= 15 is 0 Å². The Kier molecular flexibility index (Phi) is 10.5. The van der Waals surface area contributed by atoms with E-state index in [1.807, 2.05) is 27.7 Å². The molecule has 11 nitrogen and oxygen atoms in total. The highest BCUT2D eigenvalue weighted by molar-refractivity contribution is 5.99. The molecule has 4 aliphatic rings. The number of Topliss-reactive ketones (excluding diaryl/α,β-unsaturated/α-hetero) is 2. The van der Waals surface area contributed by atoms with E-state index in [0.717, 1.165) is 12.8 Å². The van der Waals surface area contributed by atoms with Crippen molar-refractivity contribution in [1.82, 2.24) is 0 Å². The molecule has 0 aromatic carbocycles. The summed E-state index contributed by atoms with van der Waals surface area (Å²) in [5, 5.41) is 12.9. The van der Waals surface area contributed by atoms with Crippen LogP contribution >= 0.6 is 0 Å². The van der Waals surface area contributed by atoms with Crippen LogP contribution in [-0.4, -0.2) is 71.1 Å². The molecule has 0 spiro atoms. The minimum absolute atomic E-state index is 0.145. The van der Waals surface area contributed by atoms with Gasteiger partial charge in [-0.2, -0.15) is 0 Å². The second-order valence-corrected chi connectivity index (χ2v) is 15.1. The van der Waals surface area contributed by atoms with Gasteiger partial charge in [0.15, 0.2) is 18.0 Å². The van der Waals surface area contributed by atoms with Crippen molar-refractivity contribution in [3.05, 3.63) is 0 Å². The molecule has 4 rings (SSSR count). The number of ether oxygens (including phenoxy) is 4. The van der Waals surface area contributed by atoms with Gasteiger partial charge in [-0.1, -0.05) is 34.1 Å². The third-order valence-electron chi connectivity index (χ3n) is 11.9. The largest absolute Gasteiger partial charge is 0.466 e. The Hall–Kier alpha value is -2.82. The summed E-state index contributed by atoms with van der Waals surface area (Å²) >= 11 is 0. The summed E-state index contributed by atoms with van der Waals surface area (Å²) in [7, 11) is 0. The third-order valence-corrected chi connectivity index (χ3v) is 11.9. The lowest BCUT2D eigenvalue weighted by molar-refractivity contribution is -0.249. The van der Waals surface area contributed by atoms with Crippen LogP contribution in [0.3, 0.4) is 0 Å². The lowest BCUT2D eigenvalue weighted by atomic mass is 9.41. The normalized spacial score (nSPS) is 39.6. The summed E-state index contributed by atoms with van der Waals surface area (Å²) < 4.78 is 22.1. The van der Waals surface area contributed by atoms with Crippen molar-refractivity contribution in [2.45, 2.75) is 131 Å². The molecule has 0 aromatic heterocycles. The molecule has 0 heterocycles. The molecule has 1 N–H and O–H groups in total. The zero-order valence-corrected chi connectivity index (χ0v) is 28.6. The summed E-state index contributed by atoms with van der Waals surface area (Å²) in [6.45, 7) is 13.4. The number of carbonyl (C=O) groups is 6. The quantitative estimate of drug-likeness (QED) is 0.268. The summed E-state index contributed by atoms with van der Waals surface area (Å²) in [5.41, 5.74) is -3.67.